The van der Waals surface area contributed by atoms with E-state index in [0.717, 1.165) is 0 Å². The third kappa shape index (κ3) is 3.40. The molecule has 0 aliphatic heterocycles. The topological polar surface area (TPSA) is 68.0 Å². The number of pyridine rings is 3. The van der Waals surface area contributed by atoms with Crippen molar-refractivity contribution in [2.45, 2.75) is 6.10 Å². The van der Waals surface area contributed by atoms with Crippen molar-refractivity contribution in [2.75, 3.05) is 0 Å². The minimum atomic E-state index is -0.931. The van der Waals surface area contributed by atoms with Gasteiger partial charge in [0.2, 0.25) is 0 Å². The molecule has 28 heavy (non-hydrogen) atoms. The van der Waals surface area contributed by atoms with Crippen LogP contribution in [0.2, 0.25) is 10.2 Å². The van der Waals surface area contributed by atoms with Gasteiger partial charge in [0.25, 0.3) is 5.56 Å². The van der Waals surface area contributed by atoms with Gasteiger partial charge >= 0.3 is 0 Å². The second-order valence-corrected chi connectivity index (χ2v) is 7.18. The van der Waals surface area contributed by atoms with E-state index in [0.29, 0.717) is 43.7 Å². The molecule has 4 aromatic rings. The van der Waals surface area contributed by atoms with Crippen molar-refractivity contribution in [3.8, 4) is 11.3 Å². The number of benzene rings is 1. The fraction of sp³-hybridized carbons (Fsp3) is 0.0952. The number of aliphatic hydroxyl groups excluding tert-OH is 1. The number of rotatable bonds is 3. The van der Waals surface area contributed by atoms with Gasteiger partial charge in [0.1, 0.15) is 11.3 Å². The number of aromatic nitrogens is 3. The molecule has 0 aliphatic rings. The van der Waals surface area contributed by atoms with Crippen LogP contribution < -0.4 is 5.56 Å². The Hall–Kier alpha value is -2.73. The number of fused-ring (bicyclic) bond motifs is 1. The highest BCUT2D eigenvalue weighted by molar-refractivity contribution is 6.30. The lowest BCUT2D eigenvalue weighted by Gasteiger charge is -2.14. The minimum Gasteiger partial charge on any atom is -0.382 e. The molecule has 0 amide bonds. The number of halogens is 2. The average molecular weight is 412 g/mol. The SMILES string of the molecule is Cn1c(=O)cc(-c2cccc(Cl)n2)c2nc(C(O)c3ccc(Cl)cc3)ccc21. The molecule has 3 heterocycles. The Kier molecular flexibility index (Phi) is 4.89. The van der Waals surface area contributed by atoms with E-state index in [9.17, 15) is 9.90 Å². The number of nitrogens with zero attached hydrogens (tertiary/aromatic N) is 3. The van der Waals surface area contributed by atoms with Crippen molar-refractivity contribution >= 4 is 34.2 Å². The molecular weight excluding hydrogens is 397 g/mol. The van der Waals surface area contributed by atoms with Gasteiger partial charge in [0.15, 0.2) is 0 Å². The Balaban J connectivity index is 1.92. The van der Waals surface area contributed by atoms with E-state index < -0.39 is 6.10 Å². The van der Waals surface area contributed by atoms with Gasteiger partial charge in [-0.25, -0.2) is 9.97 Å². The fourth-order valence-electron chi connectivity index (χ4n) is 3.06. The van der Waals surface area contributed by atoms with Crippen molar-refractivity contribution in [1.82, 2.24) is 14.5 Å². The molecule has 4 rings (SSSR count). The number of aryl methyl sites for hydroxylation is 1. The lowest BCUT2D eigenvalue weighted by molar-refractivity contribution is 0.216. The largest absolute Gasteiger partial charge is 0.382 e. The Morgan fingerprint density at radius 3 is 2.46 bits per heavy atom. The minimum absolute atomic E-state index is 0.183. The summed E-state index contributed by atoms with van der Waals surface area (Å²) in [4.78, 5) is 21.4. The highest BCUT2D eigenvalue weighted by atomic mass is 35.5. The third-order valence-electron chi connectivity index (χ3n) is 4.57. The van der Waals surface area contributed by atoms with E-state index in [4.69, 9.17) is 23.2 Å². The van der Waals surface area contributed by atoms with Gasteiger partial charge in [-0.3, -0.25) is 4.79 Å². The molecule has 1 unspecified atom stereocenters. The molecule has 0 saturated heterocycles. The Morgan fingerprint density at radius 1 is 1.00 bits per heavy atom. The Labute approximate surface area is 170 Å². The summed E-state index contributed by atoms with van der Waals surface area (Å²) in [5, 5.41) is 11.7. The smallest absolute Gasteiger partial charge is 0.251 e. The van der Waals surface area contributed by atoms with Crippen LogP contribution in [-0.2, 0) is 7.05 Å². The van der Waals surface area contributed by atoms with E-state index in [-0.39, 0.29) is 5.56 Å². The van der Waals surface area contributed by atoms with Crippen LogP contribution >= 0.6 is 23.2 Å². The second kappa shape index (κ2) is 7.36. The second-order valence-electron chi connectivity index (χ2n) is 6.36. The number of hydrogen-bond donors (Lipinski definition) is 1. The van der Waals surface area contributed by atoms with E-state index >= 15 is 0 Å². The molecule has 140 valence electrons. The predicted molar refractivity (Wildman–Crippen MR) is 111 cm³/mol. The summed E-state index contributed by atoms with van der Waals surface area (Å²) in [5.41, 5.74) is 3.24. The van der Waals surface area contributed by atoms with Gasteiger partial charge < -0.3 is 9.67 Å². The summed E-state index contributed by atoms with van der Waals surface area (Å²) in [6.07, 6.45) is -0.931. The predicted octanol–water partition coefficient (Wildman–Crippen LogP) is 4.38. The van der Waals surface area contributed by atoms with Crippen LogP contribution in [0.15, 0.2) is 65.5 Å². The van der Waals surface area contributed by atoms with Crippen molar-refractivity contribution in [3.63, 3.8) is 0 Å². The average Bonchev–Trinajstić information content (AvgIpc) is 2.70. The first-order chi connectivity index (χ1) is 13.4. The zero-order chi connectivity index (χ0) is 19.8. The first kappa shape index (κ1) is 18.6. The Morgan fingerprint density at radius 2 is 1.75 bits per heavy atom. The molecule has 1 aromatic carbocycles. The molecule has 7 heteroatoms. The molecular formula is C21H15Cl2N3O2. The molecule has 0 saturated carbocycles. The highest BCUT2D eigenvalue weighted by Crippen LogP contribution is 2.28. The van der Waals surface area contributed by atoms with Crippen LogP contribution in [0.5, 0.6) is 0 Å². The van der Waals surface area contributed by atoms with Crippen LogP contribution in [0.1, 0.15) is 17.4 Å². The standard InChI is InChI=1S/C21H15Cl2N3O2/c1-26-17-10-9-16(21(28)12-5-7-13(22)8-6-12)25-20(17)14(11-19(26)27)15-3-2-4-18(23)24-15/h2-11,21,28H,1H3. The molecule has 0 radical (unpaired) electrons. The highest BCUT2D eigenvalue weighted by Gasteiger charge is 2.17. The molecule has 3 aromatic heterocycles. The first-order valence-corrected chi connectivity index (χ1v) is 9.27. The van der Waals surface area contributed by atoms with Crippen molar-refractivity contribution in [2.24, 2.45) is 7.05 Å². The number of aliphatic hydroxyl groups is 1. The van der Waals surface area contributed by atoms with Gasteiger partial charge in [-0.2, -0.15) is 0 Å². The third-order valence-corrected chi connectivity index (χ3v) is 5.03. The van der Waals surface area contributed by atoms with E-state index in [2.05, 4.69) is 9.97 Å². The summed E-state index contributed by atoms with van der Waals surface area (Å²) < 4.78 is 1.51. The van der Waals surface area contributed by atoms with Crippen LogP contribution in [-0.4, -0.2) is 19.6 Å². The maximum absolute atomic E-state index is 12.4. The quantitative estimate of drug-likeness (QED) is 0.507. The van der Waals surface area contributed by atoms with Crippen LogP contribution in [0.4, 0.5) is 0 Å². The normalized spacial score (nSPS) is 12.3. The molecule has 0 spiro atoms. The molecule has 1 N–H and O–H groups in total. The first-order valence-electron chi connectivity index (χ1n) is 8.51. The number of hydrogen-bond acceptors (Lipinski definition) is 4. The van der Waals surface area contributed by atoms with E-state index in [1.165, 1.54) is 10.6 Å². The lowest BCUT2D eigenvalue weighted by atomic mass is 10.0. The van der Waals surface area contributed by atoms with Gasteiger partial charge in [0.05, 0.1) is 22.4 Å². The lowest BCUT2D eigenvalue weighted by Crippen LogP contribution is -2.17. The van der Waals surface area contributed by atoms with Crippen molar-refractivity contribution < 1.29 is 5.11 Å². The van der Waals surface area contributed by atoms with Crippen molar-refractivity contribution in [3.05, 3.63) is 92.5 Å². The molecule has 0 aliphatic carbocycles. The zero-order valence-electron chi connectivity index (χ0n) is 14.8. The molecule has 5 nitrogen and oxygen atoms in total. The monoisotopic (exact) mass is 411 g/mol. The summed E-state index contributed by atoms with van der Waals surface area (Å²) in [7, 11) is 1.68. The van der Waals surface area contributed by atoms with Crippen LogP contribution in [0.25, 0.3) is 22.3 Å². The fourth-order valence-corrected chi connectivity index (χ4v) is 3.35. The Bertz CT molecular complexity index is 1240. The summed E-state index contributed by atoms with van der Waals surface area (Å²) in [6.45, 7) is 0. The van der Waals surface area contributed by atoms with Gasteiger partial charge in [-0.05, 0) is 42.0 Å². The summed E-state index contributed by atoms with van der Waals surface area (Å²) in [6, 6.07) is 17.1. The van der Waals surface area contributed by atoms with Crippen molar-refractivity contribution in [1.29, 1.82) is 0 Å². The van der Waals surface area contributed by atoms with E-state index in [1.54, 1.807) is 61.6 Å². The summed E-state index contributed by atoms with van der Waals surface area (Å²) in [5.74, 6) is 0. The van der Waals surface area contributed by atoms with Gasteiger partial charge in [-0.15, -0.1) is 0 Å². The van der Waals surface area contributed by atoms with Crippen LogP contribution in [0.3, 0.4) is 0 Å². The maximum atomic E-state index is 12.4. The molecule has 0 fully saturated rings. The van der Waals surface area contributed by atoms with E-state index in [1.807, 2.05) is 0 Å². The molecule has 0 bridgehead atoms. The maximum Gasteiger partial charge on any atom is 0.251 e. The van der Waals surface area contributed by atoms with Crippen LogP contribution in [0, 0.1) is 0 Å². The molecule has 1 atom stereocenters. The summed E-state index contributed by atoms with van der Waals surface area (Å²) >= 11 is 12.0. The van der Waals surface area contributed by atoms with Gasteiger partial charge in [-0.1, -0.05) is 41.4 Å². The zero-order valence-corrected chi connectivity index (χ0v) is 16.3. The van der Waals surface area contributed by atoms with Gasteiger partial charge in [0, 0.05) is 23.7 Å².